The second-order valence-corrected chi connectivity index (χ2v) is 15.8. The van der Waals surface area contributed by atoms with Crippen molar-refractivity contribution in [3.63, 3.8) is 0 Å². The summed E-state index contributed by atoms with van der Waals surface area (Å²) in [7, 11) is -1.48. The van der Waals surface area contributed by atoms with Crippen LogP contribution in [0.2, 0.25) is 18.6 Å². The molecule has 0 aromatic heterocycles. The van der Waals surface area contributed by atoms with Crippen LogP contribution in [-0.4, -0.2) is 20.7 Å². The van der Waals surface area contributed by atoms with Crippen LogP contribution in [0.3, 0.4) is 0 Å². The minimum absolute atomic E-state index is 0.733. The number of piperidine rings is 1. The van der Waals surface area contributed by atoms with Crippen LogP contribution in [0.15, 0.2) is 29.8 Å². The zero-order chi connectivity index (χ0) is 18.8. The first-order chi connectivity index (χ1) is 13.0. The van der Waals surface area contributed by atoms with Gasteiger partial charge in [0.15, 0.2) is 0 Å². The van der Waals surface area contributed by atoms with E-state index in [2.05, 4.69) is 62.6 Å². The second-order valence-electron chi connectivity index (χ2n) is 10.9. The largest absolute Gasteiger partial charge is 0.314 e. The summed E-state index contributed by atoms with van der Waals surface area (Å²) in [6, 6.07) is 10.1. The zero-order valence-electron chi connectivity index (χ0n) is 17.7. The Balaban J connectivity index is 1.47. The molecule has 1 heterocycles. The average Bonchev–Trinajstić information content (AvgIpc) is 3.14. The summed E-state index contributed by atoms with van der Waals surface area (Å²) < 4.78 is 0. The lowest BCUT2D eigenvalue weighted by molar-refractivity contribution is 0.126. The third-order valence-electron chi connectivity index (χ3n) is 8.96. The predicted molar refractivity (Wildman–Crippen MR) is 119 cm³/mol. The Bertz CT molecular complexity index is 750. The Hall–Kier alpha value is -0.863. The summed E-state index contributed by atoms with van der Waals surface area (Å²) >= 11 is 0. The molecule has 1 N–H and O–H groups in total. The molecule has 7 unspecified atom stereocenters. The predicted octanol–water partition coefficient (Wildman–Crippen LogP) is 6.24. The lowest BCUT2D eigenvalue weighted by Crippen LogP contribution is -2.50. The molecule has 0 amide bonds. The monoisotopic (exact) mass is 379 g/mol. The number of fused-ring (bicyclic) bond motifs is 3. The molecule has 0 spiro atoms. The van der Waals surface area contributed by atoms with E-state index in [0.29, 0.717) is 0 Å². The van der Waals surface area contributed by atoms with Gasteiger partial charge in [-0.05, 0) is 85.9 Å². The van der Waals surface area contributed by atoms with Crippen LogP contribution in [0.4, 0.5) is 0 Å². The van der Waals surface area contributed by atoms with Gasteiger partial charge in [-0.25, -0.2) is 0 Å². The van der Waals surface area contributed by atoms with Crippen LogP contribution in [0.5, 0.6) is 0 Å². The molecule has 0 radical (unpaired) electrons. The molecule has 2 heteroatoms. The lowest BCUT2D eigenvalue weighted by atomic mass is 9.70. The van der Waals surface area contributed by atoms with Crippen molar-refractivity contribution < 1.29 is 0 Å². The number of allylic oxidation sites excluding steroid dienone is 1. The summed E-state index contributed by atoms with van der Waals surface area (Å²) in [4.78, 5) is 0. The maximum atomic E-state index is 3.92. The molecule has 7 atom stereocenters. The van der Waals surface area contributed by atoms with Crippen LogP contribution in [-0.2, 0) is 0 Å². The molecule has 1 saturated heterocycles. The van der Waals surface area contributed by atoms with Crippen molar-refractivity contribution in [3.8, 4) is 0 Å². The fourth-order valence-electron chi connectivity index (χ4n) is 8.33. The molecule has 3 aliphatic carbocycles. The van der Waals surface area contributed by atoms with E-state index >= 15 is 0 Å². The summed E-state index contributed by atoms with van der Waals surface area (Å²) in [5, 5.41) is 3.92. The molecule has 3 fully saturated rings. The fraction of sp³-hybridized carbons (Fsp3) is 0.680. The number of benzene rings is 1. The molecule has 1 aromatic rings. The Labute approximate surface area is 167 Å². The van der Waals surface area contributed by atoms with Gasteiger partial charge in [-0.15, -0.1) is 0 Å². The average molecular weight is 380 g/mol. The van der Waals surface area contributed by atoms with Crippen molar-refractivity contribution in [3.05, 3.63) is 41.0 Å². The van der Waals surface area contributed by atoms with E-state index in [4.69, 9.17) is 0 Å². The van der Waals surface area contributed by atoms with Gasteiger partial charge < -0.3 is 5.32 Å². The maximum absolute atomic E-state index is 3.92. The van der Waals surface area contributed by atoms with Crippen LogP contribution >= 0.6 is 0 Å². The van der Waals surface area contributed by atoms with Crippen molar-refractivity contribution in [2.75, 3.05) is 6.54 Å². The van der Waals surface area contributed by atoms with Gasteiger partial charge in [0.2, 0.25) is 0 Å². The van der Waals surface area contributed by atoms with Gasteiger partial charge in [0.25, 0.3) is 0 Å². The summed E-state index contributed by atoms with van der Waals surface area (Å²) in [6.07, 6.45) is 9.87. The van der Waals surface area contributed by atoms with Crippen molar-refractivity contribution in [2.45, 2.75) is 76.2 Å². The normalized spacial score (nSPS) is 40.9. The molecular weight excluding hydrogens is 342 g/mol. The highest BCUT2D eigenvalue weighted by molar-refractivity contribution is 6.81. The Kier molecular flexibility index (Phi) is 4.44. The standard InChI is InChI=1S/C25H37NSi/c1-16-12-18-8-5-6-10-21(18)24(16)27(3,4)25-17(2)13-20-14-19-9-7-11-26-23(19)15-22(20)25/h5-6,8,10,12,17,19-20,22-26H,7,9,11,13-15H2,1-4H3. The molecule has 1 aliphatic heterocycles. The smallest absolute Gasteiger partial charge is 0.0635 e. The Morgan fingerprint density at radius 2 is 1.85 bits per heavy atom. The van der Waals surface area contributed by atoms with Crippen LogP contribution in [0, 0.1) is 23.7 Å². The minimum atomic E-state index is -1.48. The molecule has 146 valence electrons. The molecule has 0 bridgehead atoms. The van der Waals surface area contributed by atoms with E-state index in [-0.39, 0.29) is 0 Å². The number of nitrogens with one attached hydrogen (secondary N) is 1. The highest BCUT2D eigenvalue weighted by atomic mass is 28.3. The molecule has 1 aromatic carbocycles. The van der Waals surface area contributed by atoms with E-state index in [9.17, 15) is 0 Å². The van der Waals surface area contributed by atoms with Crippen LogP contribution in [0.25, 0.3) is 6.08 Å². The van der Waals surface area contributed by atoms with Crippen molar-refractivity contribution in [1.82, 2.24) is 5.32 Å². The first-order valence-corrected chi connectivity index (χ1v) is 14.6. The maximum Gasteiger partial charge on any atom is 0.0635 e. The molecule has 2 saturated carbocycles. The second kappa shape index (κ2) is 6.59. The quantitative estimate of drug-likeness (QED) is 0.600. The number of hydrogen-bond acceptors (Lipinski definition) is 1. The van der Waals surface area contributed by atoms with Gasteiger partial charge in [-0.1, -0.05) is 55.9 Å². The van der Waals surface area contributed by atoms with E-state index in [1.807, 2.05) is 0 Å². The van der Waals surface area contributed by atoms with Crippen molar-refractivity contribution in [2.24, 2.45) is 23.7 Å². The van der Waals surface area contributed by atoms with Gasteiger partial charge in [0, 0.05) is 11.6 Å². The molecule has 1 nitrogen and oxygen atoms in total. The zero-order valence-corrected chi connectivity index (χ0v) is 18.7. The van der Waals surface area contributed by atoms with E-state index in [1.54, 1.807) is 11.1 Å². The van der Waals surface area contributed by atoms with E-state index in [1.165, 1.54) is 44.2 Å². The highest BCUT2D eigenvalue weighted by Crippen LogP contribution is 2.61. The molecule has 27 heavy (non-hydrogen) atoms. The highest BCUT2D eigenvalue weighted by Gasteiger charge is 2.55. The number of rotatable bonds is 2. The lowest BCUT2D eigenvalue weighted by Gasteiger charge is -2.48. The summed E-state index contributed by atoms with van der Waals surface area (Å²) in [6.45, 7) is 11.8. The SMILES string of the molecule is CC1=Cc2ccccc2C1[Si](C)(C)C1C(C)CC2CC3CCCNC3CC21. The van der Waals surface area contributed by atoms with Crippen LogP contribution in [0.1, 0.15) is 62.6 Å². The molecule has 5 rings (SSSR count). The van der Waals surface area contributed by atoms with Gasteiger partial charge in [0.05, 0.1) is 8.07 Å². The van der Waals surface area contributed by atoms with E-state index < -0.39 is 8.07 Å². The minimum Gasteiger partial charge on any atom is -0.314 e. The third-order valence-corrected chi connectivity index (χ3v) is 13.9. The third kappa shape index (κ3) is 2.82. The van der Waals surface area contributed by atoms with Crippen LogP contribution < -0.4 is 5.32 Å². The number of hydrogen-bond donors (Lipinski definition) is 1. The summed E-state index contributed by atoms with van der Waals surface area (Å²) in [5.41, 5.74) is 6.50. The van der Waals surface area contributed by atoms with Crippen molar-refractivity contribution in [1.29, 1.82) is 0 Å². The first kappa shape index (κ1) is 18.2. The van der Waals surface area contributed by atoms with Gasteiger partial charge in [-0.2, -0.15) is 0 Å². The Morgan fingerprint density at radius 1 is 1.04 bits per heavy atom. The van der Waals surface area contributed by atoms with Gasteiger partial charge >= 0.3 is 0 Å². The Morgan fingerprint density at radius 3 is 2.70 bits per heavy atom. The topological polar surface area (TPSA) is 12.0 Å². The van der Waals surface area contributed by atoms with E-state index in [0.717, 1.165) is 40.8 Å². The fourth-order valence-corrected chi connectivity index (χ4v) is 14.1. The first-order valence-electron chi connectivity index (χ1n) is 11.5. The van der Waals surface area contributed by atoms with Crippen molar-refractivity contribution >= 4 is 14.1 Å². The molecular formula is C25H37NSi. The van der Waals surface area contributed by atoms with Gasteiger partial charge in [0.1, 0.15) is 0 Å². The molecule has 4 aliphatic rings. The van der Waals surface area contributed by atoms with Gasteiger partial charge in [-0.3, -0.25) is 0 Å². The summed E-state index contributed by atoms with van der Waals surface area (Å²) in [5.74, 6) is 3.89.